The number of hydrogen-bond acceptors (Lipinski definition) is 4. The van der Waals surface area contributed by atoms with Crippen LogP contribution in [-0.2, 0) is 21.4 Å². The topological polar surface area (TPSA) is 84.3 Å². The van der Waals surface area contributed by atoms with Crippen LogP contribution >= 0.6 is 11.6 Å². The van der Waals surface area contributed by atoms with Gasteiger partial charge < -0.3 is 5.32 Å². The van der Waals surface area contributed by atoms with Crippen LogP contribution in [0.15, 0.2) is 29.2 Å². The van der Waals surface area contributed by atoms with Gasteiger partial charge in [-0.15, -0.1) is 0 Å². The first-order chi connectivity index (χ1) is 13.2. The summed E-state index contributed by atoms with van der Waals surface area (Å²) in [5.74, 6) is 0.295. The molecule has 1 aliphatic rings. The van der Waals surface area contributed by atoms with E-state index < -0.39 is 10.0 Å². The van der Waals surface area contributed by atoms with Crippen molar-refractivity contribution in [1.82, 2.24) is 14.1 Å². The molecule has 0 aliphatic carbocycles. The van der Waals surface area contributed by atoms with Gasteiger partial charge in [0.1, 0.15) is 6.54 Å². The predicted molar refractivity (Wildman–Crippen MR) is 109 cm³/mol. The lowest BCUT2D eigenvalue weighted by atomic mass is 10.0. The van der Waals surface area contributed by atoms with Crippen molar-refractivity contribution in [2.24, 2.45) is 5.92 Å². The van der Waals surface area contributed by atoms with Crippen molar-refractivity contribution in [3.8, 4) is 0 Å². The van der Waals surface area contributed by atoms with Crippen molar-refractivity contribution in [1.29, 1.82) is 0 Å². The van der Waals surface area contributed by atoms with Crippen molar-refractivity contribution >= 4 is 33.2 Å². The maximum Gasteiger partial charge on any atom is 0.246 e. The molecule has 2 heterocycles. The molecule has 152 valence electrons. The first kappa shape index (κ1) is 20.8. The maximum absolute atomic E-state index is 12.8. The average Bonchev–Trinajstić information content (AvgIpc) is 2.89. The number of carbonyl (C=O) groups is 1. The van der Waals surface area contributed by atoms with Crippen LogP contribution in [0, 0.1) is 19.8 Å². The van der Waals surface area contributed by atoms with E-state index in [2.05, 4.69) is 17.3 Å². The zero-order chi connectivity index (χ0) is 20.5. The van der Waals surface area contributed by atoms with Crippen molar-refractivity contribution in [2.75, 3.05) is 18.4 Å². The minimum absolute atomic E-state index is 0.0331. The summed E-state index contributed by atoms with van der Waals surface area (Å²) in [6, 6.07) is 6.27. The zero-order valence-electron chi connectivity index (χ0n) is 16.3. The Labute approximate surface area is 170 Å². The molecular formula is C19H25ClN4O3S. The summed E-state index contributed by atoms with van der Waals surface area (Å²) in [5, 5.41) is 7.54. The third-order valence-electron chi connectivity index (χ3n) is 5.11. The van der Waals surface area contributed by atoms with E-state index in [0.717, 1.165) is 18.5 Å². The minimum atomic E-state index is -3.50. The van der Waals surface area contributed by atoms with Crippen LogP contribution in [-0.4, -0.2) is 41.5 Å². The molecule has 0 radical (unpaired) electrons. The number of nitrogens with zero attached hydrogens (tertiary/aromatic N) is 3. The van der Waals surface area contributed by atoms with E-state index in [9.17, 15) is 13.2 Å². The van der Waals surface area contributed by atoms with Crippen LogP contribution in [0.5, 0.6) is 0 Å². The third-order valence-corrected chi connectivity index (χ3v) is 7.56. The van der Waals surface area contributed by atoms with Crippen LogP contribution < -0.4 is 5.32 Å². The van der Waals surface area contributed by atoms with Crippen LogP contribution in [0.4, 0.5) is 5.69 Å². The fraction of sp³-hybridized carbons (Fsp3) is 0.474. The van der Waals surface area contributed by atoms with E-state index in [4.69, 9.17) is 11.6 Å². The Hall–Kier alpha value is -1.90. The summed E-state index contributed by atoms with van der Waals surface area (Å²) in [6.45, 7) is 6.86. The minimum Gasteiger partial charge on any atom is -0.324 e. The van der Waals surface area contributed by atoms with E-state index in [1.807, 2.05) is 0 Å². The molecule has 0 bridgehead atoms. The molecule has 9 heteroatoms. The molecule has 0 atom stereocenters. The Bertz CT molecular complexity index is 962. The number of anilines is 1. The van der Waals surface area contributed by atoms with Crippen molar-refractivity contribution < 1.29 is 13.2 Å². The van der Waals surface area contributed by atoms with E-state index in [-0.39, 0.29) is 17.3 Å². The summed E-state index contributed by atoms with van der Waals surface area (Å²) in [7, 11) is -3.50. The molecule has 1 aromatic carbocycles. The van der Waals surface area contributed by atoms with E-state index >= 15 is 0 Å². The highest BCUT2D eigenvalue weighted by Crippen LogP contribution is 2.24. The number of benzene rings is 1. The van der Waals surface area contributed by atoms with Gasteiger partial charge in [0, 0.05) is 18.8 Å². The van der Waals surface area contributed by atoms with Crippen LogP contribution in [0.2, 0.25) is 5.02 Å². The van der Waals surface area contributed by atoms with Crippen LogP contribution in [0.25, 0.3) is 0 Å². The van der Waals surface area contributed by atoms with Gasteiger partial charge in [0.2, 0.25) is 15.9 Å². The third kappa shape index (κ3) is 4.39. The number of nitrogens with one attached hydrogen (secondary N) is 1. The van der Waals surface area contributed by atoms with E-state index in [0.29, 0.717) is 35.4 Å². The van der Waals surface area contributed by atoms with Gasteiger partial charge >= 0.3 is 0 Å². The Morgan fingerprint density at radius 2 is 1.82 bits per heavy atom. The average molecular weight is 425 g/mol. The van der Waals surface area contributed by atoms with E-state index in [1.54, 1.807) is 30.7 Å². The number of sulfonamides is 1. The molecule has 28 heavy (non-hydrogen) atoms. The summed E-state index contributed by atoms with van der Waals surface area (Å²) in [5.41, 5.74) is 1.93. The Morgan fingerprint density at radius 1 is 1.21 bits per heavy atom. The quantitative estimate of drug-likeness (QED) is 0.798. The van der Waals surface area contributed by atoms with Gasteiger partial charge in [-0.3, -0.25) is 9.48 Å². The second kappa shape index (κ2) is 8.23. The van der Waals surface area contributed by atoms with E-state index in [1.165, 1.54) is 16.4 Å². The maximum atomic E-state index is 12.8. The highest BCUT2D eigenvalue weighted by Gasteiger charge is 2.27. The highest BCUT2D eigenvalue weighted by molar-refractivity contribution is 7.89. The number of rotatable bonds is 5. The summed E-state index contributed by atoms with van der Waals surface area (Å²) in [4.78, 5) is 12.5. The summed E-state index contributed by atoms with van der Waals surface area (Å²) >= 11 is 6.10. The SMILES string of the molecule is Cc1nn(CC(=O)Nc2ccc(S(=O)(=O)N3CCC(C)CC3)cc2)c(C)c1Cl. The number of aryl methyl sites for hydroxylation is 1. The molecule has 0 unspecified atom stereocenters. The number of piperidine rings is 1. The van der Waals surface area contributed by atoms with Gasteiger partial charge in [-0.25, -0.2) is 8.42 Å². The lowest BCUT2D eigenvalue weighted by Crippen LogP contribution is -2.37. The monoisotopic (exact) mass is 424 g/mol. The number of carbonyl (C=O) groups excluding carboxylic acids is 1. The highest BCUT2D eigenvalue weighted by atomic mass is 35.5. The molecule has 2 aromatic rings. The normalized spacial score (nSPS) is 16.3. The summed E-state index contributed by atoms with van der Waals surface area (Å²) in [6.07, 6.45) is 1.76. The van der Waals surface area contributed by atoms with Crippen molar-refractivity contribution in [3.05, 3.63) is 40.7 Å². The molecular weight excluding hydrogens is 400 g/mol. The Balaban J connectivity index is 1.65. The molecule has 0 spiro atoms. The number of aromatic nitrogens is 2. The molecule has 0 saturated carbocycles. The second-order valence-corrected chi connectivity index (χ2v) is 9.62. The number of halogens is 1. The lowest BCUT2D eigenvalue weighted by molar-refractivity contribution is -0.116. The van der Waals surface area contributed by atoms with Gasteiger partial charge in [0.05, 0.1) is 21.3 Å². The first-order valence-electron chi connectivity index (χ1n) is 9.28. The van der Waals surface area contributed by atoms with Crippen LogP contribution in [0.3, 0.4) is 0 Å². The molecule has 1 N–H and O–H groups in total. The predicted octanol–water partition coefficient (Wildman–Crippen LogP) is 3.21. The molecule has 1 saturated heterocycles. The number of amides is 1. The Morgan fingerprint density at radius 3 is 2.36 bits per heavy atom. The lowest BCUT2D eigenvalue weighted by Gasteiger charge is -2.29. The number of hydrogen-bond donors (Lipinski definition) is 1. The Kier molecular flexibility index (Phi) is 6.12. The molecule has 7 nitrogen and oxygen atoms in total. The zero-order valence-corrected chi connectivity index (χ0v) is 17.8. The van der Waals surface area contributed by atoms with Gasteiger partial charge in [-0.2, -0.15) is 9.40 Å². The largest absolute Gasteiger partial charge is 0.324 e. The van der Waals surface area contributed by atoms with Gasteiger partial charge in [0.25, 0.3) is 0 Å². The fourth-order valence-electron chi connectivity index (χ4n) is 3.25. The van der Waals surface area contributed by atoms with Crippen LogP contribution in [0.1, 0.15) is 31.2 Å². The molecule has 1 amide bonds. The van der Waals surface area contributed by atoms with Crippen molar-refractivity contribution in [2.45, 2.75) is 45.1 Å². The molecule has 3 rings (SSSR count). The van der Waals surface area contributed by atoms with Gasteiger partial charge in [-0.1, -0.05) is 18.5 Å². The molecule has 1 aliphatic heterocycles. The van der Waals surface area contributed by atoms with Crippen molar-refractivity contribution in [3.63, 3.8) is 0 Å². The molecule has 1 aromatic heterocycles. The fourth-order valence-corrected chi connectivity index (χ4v) is 4.86. The molecule has 1 fully saturated rings. The smallest absolute Gasteiger partial charge is 0.246 e. The standard InChI is InChI=1S/C19H25ClN4O3S/c1-13-8-10-23(11-9-13)28(26,27)17-6-4-16(5-7-17)21-18(25)12-24-15(3)19(20)14(2)22-24/h4-7,13H,8-12H2,1-3H3,(H,21,25). The van der Waals surface area contributed by atoms with Gasteiger partial charge in [0.15, 0.2) is 0 Å². The second-order valence-electron chi connectivity index (χ2n) is 7.30. The first-order valence-corrected chi connectivity index (χ1v) is 11.1. The van der Waals surface area contributed by atoms with Gasteiger partial charge in [-0.05, 0) is 56.9 Å². The summed E-state index contributed by atoms with van der Waals surface area (Å²) < 4.78 is 28.6.